The lowest BCUT2D eigenvalue weighted by molar-refractivity contribution is 0.154. The maximum absolute atomic E-state index is 10.1. The van der Waals surface area contributed by atoms with Crippen LogP contribution >= 0.6 is 0 Å². The molecule has 0 spiro atoms. The van der Waals surface area contributed by atoms with E-state index in [0.717, 1.165) is 19.4 Å². The predicted octanol–water partition coefficient (Wildman–Crippen LogP) is 2.29. The molecule has 4 rings (SSSR count). The molecule has 3 atom stereocenters. The normalized spacial score (nSPS) is 28.0. The van der Waals surface area contributed by atoms with Crippen LogP contribution in [-0.4, -0.2) is 39.3 Å². The van der Waals surface area contributed by atoms with Crippen LogP contribution in [0.4, 0.5) is 0 Å². The topological polar surface area (TPSA) is 62.4 Å². The van der Waals surface area contributed by atoms with Gasteiger partial charge in [0.05, 0.1) is 12.1 Å². The van der Waals surface area contributed by atoms with Crippen molar-refractivity contribution in [3.05, 3.63) is 47.1 Å². The van der Waals surface area contributed by atoms with E-state index in [1.165, 1.54) is 17.5 Å². The zero-order valence-corrected chi connectivity index (χ0v) is 13.5. The molecule has 0 radical (unpaired) electrons. The number of fused-ring (bicyclic) bond motifs is 1. The molecule has 1 aliphatic heterocycles. The summed E-state index contributed by atoms with van der Waals surface area (Å²) in [6.07, 6.45) is 3.87. The highest BCUT2D eigenvalue weighted by Gasteiger charge is 2.37. The molecule has 122 valence electrons. The van der Waals surface area contributed by atoms with Crippen LogP contribution in [0.2, 0.25) is 0 Å². The van der Waals surface area contributed by atoms with Gasteiger partial charge in [0.25, 0.3) is 0 Å². The van der Waals surface area contributed by atoms with Crippen molar-refractivity contribution in [2.75, 3.05) is 13.1 Å². The fourth-order valence-corrected chi connectivity index (χ4v) is 4.05. The SMILES string of the molecule is Cc1noc([C@H]2C[C@H](O)CN2C[C@@H]2CCc3ccccc3C2)n1. The smallest absolute Gasteiger partial charge is 0.244 e. The van der Waals surface area contributed by atoms with Crippen LogP contribution in [0.1, 0.15) is 41.7 Å². The second-order valence-corrected chi connectivity index (χ2v) is 6.92. The third kappa shape index (κ3) is 3.03. The number of aryl methyl sites for hydroxylation is 2. The van der Waals surface area contributed by atoms with Gasteiger partial charge in [0.15, 0.2) is 5.82 Å². The average Bonchev–Trinajstić information content (AvgIpc) is 3.13. The standard InChI is InChI=1S/C18H23N3O2/c1-12-19-18(23-20-12)17-9-16(22)11-21(17)10-13-6-7-14-4-2-3-5-15(14)8-13/h2-5,13,16-17,22H,6-11H2,1H3/t13-,16+,17-/m1/s1. The Balaban J connectivity index is 1.47. The lowest BCUT2D eigenvalue weighted by Crippen LogP contribution is -2.33. The van der Waals surface area contributed by atoms with Crippen molar-refractivity contribution in [3.63, 3.8) is 0 Å². The molecule has 1 aromatic carbocycles. The Hall–Kier alpha value is -1.72. The van der Waals surface area contributed by atoms with Gasteiger partial charge in [-0.05, 0) is 49.7 Å². The molecular formula is C18H23N3O2. The highest BCUT2D eigenvalue weighted by atomic mass is 16.5. The molecule has 2 aliphatic rings. The molecule has 1 saturated heterocycles. The zero-order valence-electron chi connectivity index (χ0n) is 13.5. The number of aromatic nitrogens is 2. The highest BCUT2D eigenvalue weighted by Crippen LogP contribution is 2.34. The Morgan fingerprint density at radius 2 is 2.13 bits per heavy atom. The minimum absolute atomic E-state index is 0.0587. The summed E-state index contributed by atoms with van der Waals surface area (Å²) in [5.74, 6) is 1.94. The summed E-state index contributed by atoms with van der Waals surface area (Å²) in [6, 6.07) is 8.81. The summed E-state index contributed by atoms with van der Waals surface area (Å²) >= 11 is 0. The van der Waals surface area contributed by atoms with Crippen molar-refractivity contribution in [1.82, 2.24) is 15.0 Å². The number of hydrogen-bond acceptors (Lipinski definition) is 5. The lowest BCUT2D eigenvalue weighted by Gasteiger charge is -2.30. The first-order valence-corrected chi connectivity index (χ1v) is 8.48. The van der Waals surface area contributed by atoms with Crippen molar-refractivity contribution in [2.24, 2.45) is 5.92 Å². The molecule has 5 heteroatoms. The van der Waals surface area contributed by atoms with Crippen LogP contribution in [0.5, 0.6) is 0 Å². The van der Waals surface area contributed by atoms with Gasteiger partial charge in [-0.25, -0.2) is 0 Å². The van der Waals surface area contributed by atoms with Crippen molar-refractivity contribution in [2.45, 2.75) is 44.8 Å². The molecule has 5 nitrogen and oxygen atoms in total. The number of rotatable bonds is 3. The molecule has 0 amide bonds. The summed E-state index contributed by atoms with van der Waals surface area (Å²) in [5, 5.41) is 14.0. The second-order valence-electron chi connectivity index (χ2n) is 6.92. The lowest BCUT2D eigenvalue weighted by atomic mass is 9.83. The molecule has 1 aliphatic carbocycles. The van der Waals surface area contributed by atoms with Gasteiger partial charge in [-0.2, -0.15) is 4.98 Å². The van der Waals surface area contributed by atoms with Crippen LogP contribution < -0.4 is 0 Å². The minimum Gasteiger partial charge on any atom is -0.392 e. The van der Waals surface area contributed by atoms with Gasteiger partial charge in [0.1, 0.15) is 0 Å². The summed E-state index contributed by atoms with van der Waals surface area (Å²) < 4.78 is 5.36. The molecule has 1 aromatic heterocycles. The van der Waals surface area contributed by atoms with Crippen molar-refractivity contribution in [1.29, 1.82) is 0 Å². The Morgan fingerprint density at radius 3 is 2.91 bits per heavy atom. The number of aliphatic hydroxyl groups is 1. The monoisotopic (exact) mass is 313 g/mol. The molecule has 23 heavy (non-hydrogen) atoms. The van der Waals surface area contributed by atoms with E-state index >= 15 is 0 Å². The first-order valence-electron chi connectivity index (χ1n) is 8.48. The fourth-order valence-electron chi connectivity index (χ4n) is 4.05. The van der Waals surface area contributed by atoms with Gasteiger partial charge in [-0.15, -0.1) is 0 Å². The van der Waals surface area contributed by atoms with Crippen LogP contribution in [-0.2, 0) is 12.8 Å². The van der Waals surface area contributed by atoms with E-state index in [1.54, 1.807) is 0 Å². The molecule has 0 unspecified atom stereocenters. The van der Waals surface area contributed by atoms with Gasteiger partial charge >= 0.3 is 0 Å². The molecule has 2 heterocycles. The average molecular weight is 313 g/mol. The van der Waals surface area contributed by atoms with E-state index in [4.69, 9.17) is 4.52 Å². The Bertz CT molecular complexity index is 684. The van der Waals surface area contributed by atoms with E-state index in [1.807, 2.05) is 6.92 Å². The Kier molecular flexibility index (Phi) is 3.91. The van der Waals surface area contributed by atoms with Crippen LogP contribution in [0, 0.1) is 12.8 Å². The summed E-state index contributed by atoms with van der Waals surface area (Å²) in [4.78, 5) is 6.71. The van der Waals surface area contributed by atoms with Gasteiger partial charge in [0, 0.05) is 13.1 Å². The van der Waals surface area contributed by atoms with E-state index in [0.29, 0.717) is 30.6 Å². The largest absolute Gasteiger partial charge is 0.392 e. The van der Waals surface area contributed by atoms with E-state index in [-0.39, 0.29) is 12.1 Å². The van der Waals surface area contributed by atoms with Crippen LogP contribution in [0.3, 0.4) is 0 Å². The summed E-state index contributed by atoms with van der Waals surface area (Å²) in [6.45, 7) is 3.52. The number of likely N-dealkylation sites (tertiary alicyclic amines) is 1. The van der Waals surface area contributed by atoms with Crippen molar-refractivity contribution < 1.29 is 9.63 Å². The predicted molar refractivity (Wildman–Crippen MR) is 85.9 cm³/mol. The zero-order chi connectivity index (χ0) is 15.8. The van der Waals surface area contributed by atoms with E-state index < -0.39 is 0 Å². The molecule has 1 fully saturated rings. The van der Waals surface area contributed by atoms with Crippen molar-refractivity contribution >= 4 is 0 Å². The Labute approximate surface area is 136 Å². The van der Waals surface area contributed by atoms with Gasteiger partial charge in [-0.3, -0.25) is 4.90 Å². The summed E-state index contributed by atoms with van der Waals surface area (Å²) in [5.41, 5.74) is 2.97. The number of β-amino-alcohol motifs (C(OH)–C–C–N with tert-alkyl or cyclic N) is 1. The molecule has 0 saturated carbocycles. The number of aliphatic hydroxyl groups excluding tert-OH is 1. The van der Waals surface area contributed by atoms with E-state index in [2.05, 4.69) is 39.3 Å². The summed E-state index contributed by atoms with van der Waals surface area (Å²) in [7, 11) is 0. The van der Waals surface area contributed by atoms with Crippen LogP contribution in [0.25, 0.3) is 0 Å². The third-order valence-corrected chi connectivity index (χ3v) is 5.15. The number of nitrogens with zero attached hydrogens (tertiary/aromatic N) is 3. The third-order valence-electron chi connectivity index (χ3n) is 5.15. The van der Waals surface area contributed by atoms with Gasteiger partial charge in [-0.1, -0.05) is 29.4 Å². The first kappa shape index (κ1) is 14.8. The highest BCUT2D eigenvalue weighted by molar-refractivity contribution is 5.29. The van der Waals surface area contributed by atoms with Crippen molar-refractivity contribution in [3.8, 4) is 0 Å². The van der Waals surface area contributed by atoms with E-state index in [9.17, 15) is 5.11 Å². The Morgan fingerprint density at radius 1 is 1.30 bits per heavy atom. The molecule has 2 aromatic rings. The maximum Gasteiger partial charge on any atom is 0.244 e. The van der Waals surface area contributed by atoms with Crippen LogP contribution in [0.15, 0.2) is 28.8 Å². The molecular weight excluding hydrogens is 290 g/mol. The fraction of sp³-hybridized carbons (Fsp3) is 0.556. The van der Waals surface area contributed by atoms with Gasteiger partial charge < -0.3 is 9.63 Å². The number of hydrogen-bond donors (Lipinski definition) is 1. The number of benzene rings is 1. The molecule has 1 N–H and O–H groups in total. The first-order chi connectivity index (χ1) is 11.2. The maximum atomic E-state index is 10.1. The molecule has 0 bridgehead atoms. The quantitative estimate of drug-likeness (QED) is 0.942. The van der Waals surface area contributed by atoms with Gasteiger partial charge in [0.2, 0.25) is 5.89 Å². The minimum atomic E-state index is -0.303. The second kappa shape index (κ2) is 6.06.